The molecule has 0 bridgehead atoms. The molecule has 0 aromatic carbocycles. The molecule has 14 heavy (non-hydrogen) atoms. The van der Waals surface area contributed by atoms with Crippen molar-refractivity contribution in [2.45, 2.75) is 25.8 Å². The molecule has 0 saturated carbocycles. The molecule has 0 aromatic heterocycles. The molecule has 1 saturated heterocycles. The van der Waals surface area contributed by atoms with Crippen LogP contribution in [0.5, 0.6) is 0 Å². The minimum atomic E-state index is -1.16. The first kappa shape index (κ1) is 11.8. The molecule has 5 heteroatoms. The molecule has 1 fully saturated rings. The zero-order chi connectivity index (χ0) is 10.7. The van der Waals surface area contributed by atoms with E-state index in [1.807, 2.05) is 6.92 Å². The monoisotopic (exact) mass is 237 g/mol. The Morgan fingerprint density at radius 3 is 2.29 bits per heavy atom. The highest BCUT2D eigenvalue weighted by atomic mass is 35.5. The minimum absolute atomic E-state index is 0.0947. The predicted octanol–water partition coefficient (Wildman–Crippen LogP) is 2.24. The van der Waals surface area contributed by atoms with Crippen molar-refractivity contribution >= 4 is 29.2 Å². The number of carboxylic acids is 1. The molecule has 0 aliphatic carbocycles. The van der Waals surface area contributed by atoms with Gasteiger partial charge in [0, 0.05) is 6.04 Å². The minimum Gasteiger partial charge on any atom is -0.477 e. The predicted molar refractivity (Wildman–Crippen MR) is 56.6 cm³/mol. The van der Waals surface area contributed by atoms with Crippen molar-refractivity contribution in [3.63, 3.8) is 0 Å². The van der Waals surface area contributed by atoms with Gasteiger partial charge in [-0.05, 0) is 32.9 Å². The largest absolute Gasteiger partial charge is 0.477 e. The first-order valence-corrected chi connectivity index (χ1v) is 5.32. The third-order valence-electron chi connectivity index (χ3n) is 2.45. The maximum atomic E-state index is 10.6. The van der Waals surface area contributed by atoms with Crippen molar-refractivity contribution in [1.29, 1.82) is 0 Å². The second-order valence-electron chi connectivity index (χ2n) is 3.39. The molecule has 3 nitrogen and oxygen atoms in total. The Hall–Kier alpha value is -0.250. The smallest absolute Gasteiger partial charge is 0.348 e. The molecule has 0 aromatic rings. The molecule has 1 aliphatic rings. The number of likely N-dealkylation sites (tertiary alicyclic amines) is 1. The lowest BCUT2D eigenvalue weighted by molar-refractivity contribution is -0.131. The summed E-state index contributed by atoms with van der Waals surface area (Å²) < 4.78 is 0. The average molecular weight is 238 g/mol. The Balaban J connectivity index is 2.72. The van der Waals surface area contributed by atoms with Crippen LogP contribution < -0.4 is 0 Å². The summed E-state index contributed by atoms with van der Waals surface area (Å²) in [4.78, 5) is 12.7. The molecule has 1 aliphatic heterocycles. The molecule has 1 unspecified atom stereocenters. The Morgan fingerprint density at radius 1 is 1.36 bits per heavy atom. The standard InChI is InChI=1S/C9H13Cl2NO2/c1-6(12-4-2-3-5-12)7(10)8(11)9(13)14/h6H,2-5H2,1H3,(H,13,14)/b8-7-. The zero-order valence-corrected chi connectivity index (χ0v) is 9.48. The third-order valence-corrected chi connectivity index (χ3v) is 3.42. The van der Waals surface area contributed by atoms with Gasteiger partial charge in [-0.2, -0.15) is 0 Å². The van der Waals surface area contributed by atoms with Gasteiger partial charge >= 0.3 is 5.97 Å². The number of hydrogen-bond donors (Lipinski definition) is 1. The topological polar surface area (TPSA) is 40.5 Å². The highest BCUT2D eigenvalue weighted by molar-refractivity contribution is 6.47. The fourth-order valence-corrected chi connectivity index (χ4v) is 1.95. The van der Waals surface area contributed by atoms with Crippen LogP contribution >= 0.6 is 23.2 Å². The van der Waals surface area contributed by atoms with E-state index in [9.17, 15) is 4.79 Å². The molecule has 80 valence electrons. The van der Waals surface area contributed by atoms with Crippen LogP contribution in [0.15, 0.2) is 10.1 Å². The molecule has 0 spiro atoms. The maximum Gasteiger partial charge on any atom is 0.348 e. The number of hydrogen-bond acceptors (Lipinski definition) is 2. The molecule has 0 amide bonds. The second kappa shape index (κ2) is 5.01. The van der Waals surface area contributed by atoms with Crippen molar-refractivity contribution in [3.05, 3.63) is 10.1 Å². The van der Waals surface area contributed by atoms with Gasteiger partial charge in [-0.25, -0.2) is 4.79 Å². The lowest BCUT2D eigenvalue weighted by Gasteiger charge is -2.23. The van der Waals surface area contributed by atoms with Gasteiger partial charge in [0.1, 0.15) is 5.03 Å². The summed E-state index contributed by atoms with van der Waals surface area (Å²) >= 11 is 11.4. The summed E-state index contributed by atoms with van der Waals surface area (Å²) in [6.07, 6.45) is 2.28. The van der Waals surface area contributed by atoms with Gasteiger partial charge in [-0.3, -0.25) is 4.90 Å². The van der Waals surface area contributed by atoms with Crippen LogP contribution in [0.1, 0.15) is 19.8 Å². The molecule has 1 atom stereocenters. The van der Waals surface area contributed by atoms with Crippen LogP contribution in [-0.2, 0) is 4.79 Å². The van der Waals surface area contributed by atoms with E-state index < -0.39 is 5.97 Å². The highest BCUT2D eigenvalue weighted by Gasteiger charge is 2.23. The van der Waals surface area contributed by atoms with Crippen LogP contribution in [0.25, 0.3) is 0 Å². The fourth-order valence-electron chi connectivity index (χ4n) is 1.57. The lowest BCUT2D eigenvalue weighted by Crippen LogP contribution is -2.31. The van der Waals surface area contributed by atoms with Crippen molar-refractivity contribution in [3.8, 4) is 0 Å². The SMILES string of the molecule is CC(/C(Cl)=C(/Cl)C(=O)O)N1CCCC1. The third kappa shape index (κ3) is 2.62. The van der Waals surface area contributed by atoms with Crippen molar-refractivity contribution in [2.75, 3.05) is 13.1 Å². The van der Waals surface area contributed by atoms with Crippen LogP contribution in [-0.4, -0.2) is 35.1 Å². The maximum absolute atomic E-state index is 10.6. The van der Waals surface area contributed by atoms with E-state index >= 15 is 0 Å². The van der Waals surface area contributed by atoms with Crippen LogP contribution in [0.2, 0.25) is 0 Å². The van der Waals surface area contributed by atoms with E-state index in [-0.39, 0.29) is 16.1 Å². The van der Waals surface area contributed by atoms with Gasteiger partial charge in [0.25, 0.3) is 0 Å². The molecular weight excluding hydrogens is 225 g/mol. The summed E-state index contributed by atoms with van der Waals surface area (Å²) in [6, 6.07) is -0.0947. The summed E-state index contributed by atoms with van der Waals surface area (Å²) in [5.74, 6) is -1.16. The van der Waals surface area contributed by atoms with E-state index in [2.05, 4.69) is 4.90 Å². The molecule has 0 radical (unpaired) electrons. The van der Waals surface area contributed by atoms with Gasteiger partial charge < -0.3 is 5.11 Å². The van der Waals surface area contributed by atoms with E-state index in [4.69, 9.17) is 28.3 Å². The molecule has 1 N–H and O–H groups in total. The van der Waals surface area contributed by atoms with Gasteiger partial charge in [-0.1, -0.05) is 23.2 Å². The highest BCUT2D eigenvalue weighted by Crippen LogP contribution is 2.24. The van der Waals surface area contributed by atoms with Crippen molar-refractivity contribution < 1.29 is 9.90 Å². The van der Waals surface area contributed by atoms with Gasteiger partial charge in [0.15, 0.2) is 0 Å². The fraction of sp³-hybridized carbons (Fsp3) is 0.667. The Kier molecular flexibility index (Phi) is 4.23. The van der Waals surface area contributed by atoms with Crippen LogP contribution in [0.3, 0.4) is 0 Å². The quantitative estimate of drug-likeness (QED) is 0.766. The molecule has 1 heterocycles. The average Bonchev–Trinajstić information content (AvgIpc) is 2.67. The van der Waals surface area contributed by atoms with Gasteiger partial charge in [0.2, 0.25) is 0 Å². The lowest BCUT2D eigenvalue weighted by atomic mass is 10.2. The second-order valence-corrected chi connectivity index (χ2v) is 4.17. The number of carbonyl (C=O) groups is 1. The summed E-state index contributed by atoms with van der Waals surface area (Å²) in [5.41, 5.74) is 0. The first-order chi connectivity index (χ1) is 6.54. The first-order valence-electron chi connectivity index (χ1n) is 4.56. The normalized spacial score (nSPS) is 21.9. The summed E-state index contributed by atoms with van der Waals surface area (Å²) in [5, 5.41) is 8.60. The van der Waals surface area contributed by atoms with Gasteiger partial charge in [-0.15, -0.1) is 0 Å². The Labute approximate surface area is 93.3 Å². The Morgan fingerprint density at radius 2 is 1.86 bits per heavy atom. The summed E-state index contributed by atoms with van der Waals surface area (Å²) in [7, 11) is 0. The van der Waals surface area contributed by atoms with Crippen LogP contribution in [0, 0.1) is 0 Å². The number of nitrogens with zero attached hydrogens (tertiary/aromatic N) is 1. The zero-order valence-electron chi connectivity index (χ0n) is 7.96. The Bertz CT molecular complexity index is 260. The van der Waals surface area contributed by atoms with Crippen LogP contribution in [0.4, 0.5) is 0 Å². The van der Waals surface area contributed by atoms with Gasteiger partial charge in [0.05, 0.1) is 5.03 Å². The molecular formula is C9H13Cl2NO2. The molecule has 1 rings (SSSR count). The van der Waals surface area contributed by atoms with E-state index in [1.165, 1.54) is 0 Å². The number of aliphatic carboxylic acids is 1. The van der Waals surface area contributed by atoms with Crippen molar-refractivity contribution in [2.24, 2.45) is 0 Å². The van der Waals surface area contributed by atoms with E-state index in [1.54, 1.807) is 0 Å². The van der Waals surface area contributed by atoms with E-state index in [0.717, 1.165) is 25.9 Å². The number of rotatable bonds is 3. The van der Waals surface area contributed by atoms with E-state index in [0.29, 0.717) is 0 Å². The van der Waals surface area contributed by atoms with Crippen molar-refractivity contribution in [1.82, 2.24) is 4.90 Å². The summed E-state index contributed by atoms with van der Waals surface area (Å²) in [6.45, 7) is 3.79. The number of halogens is 2. The number of carboxylic acid groups (broad SMARTS) is 1.